The molecular weight excluding hydrogens is 248 g/mol. The molecule has 0 aromatic heterocycles. The van der Waals surface area contributed by atoms with E-state index in [4.69, 9.17) is 15.2 Å². The first-order valence-corrected chi connectivity index (χ1v) is 6.16. The molecular formula is C13H14N2O4. The Bertz CT molecular complexity index is 540. The van der Waals surface area contributed by atoms with Gasteiger partial charge in [-0.25, -0.2) is 0 Å². The Morgan fingerprint density at radius 1 is 1.05 bits per heavy atom. The van der Waals surface area contributed by atoms with Crippen molar-refractivity contribution < 1.29 is 19.1 Å². The number of rotatable bonds is 2. The zero-order valence-electron chi connectivity index (χ0n) is 10.3. The van der Waals surface area contributed by atoms with Crippen LogP contribution in [0.5, 0.6) is 11.5 Å². The first kappa shape index (κ1) is 11.8. The van der Waals surface area contributed by atoms with Crippen molar-refractivity contribution in [3.63, 3.8) is 0 Å². The lowest BCUT2D eigenvalue weighted by atomic mass is 10.1. The zero-order valence-corrected chi connectivity index (χ0v) is 10.3. The van der Waals surface area contributed by atoms with Gasteiger partial charge in [0.25, 0.3) is 0 Å². The molecule has 0 bridgehead atoms. The summed E-state index contributed by atoms with van der Waals surface area (Å²) in [4.78, 5) is 24.4. The number of carbonyl (C=O) groups excluding carboxylic acids is 2. The summed E-state index contributed by atoms with van der Waals surface area (Å²) in [6.07, 6.45) is 0.562. The van der Waals surface area contributed by atoms with E-state index >= 15 is 0 Å². The number of nitrogen functional groups attached to an aromatic ring is 1. The van der Waals surface area contributed by atoms with E-state index in [-0.39, 0.29) is 31.2 Å². The van der Waals surface area contributed by atoms with Gasteiger partial charge in [0.15, 0.2) is 11.5 Å². The summed E-state index contributed by atoms with van der Waals surface area (Å²) in [6, 6.07) is 3.41. The number of nitrogens with zero attached hydrogens (tertiary/aromatic N) is 1. The van der Waals surface area contributed by atoms with Crippen molar-refractivity contribution in [2.24, 2.45) is 0 Å². The molecule has 0 spiro atoms. The molecule has 2 N–H and O–H groups in total. The molecule has 0 atom stereocenters. The number of hydrogen-bond acceptors (Lipinski definition) is 5. The lowest BCUT2D eigenvalue weighted by Crippen LogP contribution is -2.28. The molecule has 1 aromatic carbocycles. The Kier molecular flexibility index (Phi) is 2.77. The highest BCUT2D eigenvalue weighted by atomic mass is 16.6. The van der Waals surface area contributed by atoms with Gasteiger partial charge in [0.05, 0.1) is 6.54 Å². The maximum Gasteiger partial charge on any atom is 0.229 e. The van der Waals surface area contributed by atoms with Crippen LogP contribution in [0.25, 0.3) is 0 Å². The predicted octanol–water partition coefficient (Wildman–Crippen LogP) is 0.689. The van der Waals surface area contributed by atoms with Crippen LogP contribution in [-0.2, 0) is 16.1 Å². The molecule has 0 unspecified atom stereocenters. The Labute approximate surface area is 110 Å². The normalized spacial score (nSPS) is 18.0. The fraction of sp³-hybridized carbons (Fsp3) is 0.385. The minimum atomic E-state index is -0.153. The maximum atomic E-state index is 11.6. The number of anilines is 1. The van der Waals surface area contributed by atoms with Crippen molar-refractivity contribution in [2.75, 3.05) is 18.9 Å². The van der Waals surface area contributed by atoms with Crippen LogP contribution in [0.2, 0.25) is 0 Å². The molecule has 1 saturated heterocycles. The molecule has 0 aliphatic carbocycles. The van der Waals surface area contributed by atoms with E-state index in [1.54, 1.807) is 12.1 Å². The van der Waals surface area contributed by atoms with Gasteiger partial charge in [-0.2, -0.15) is 0 Å². The molecule has 2 aliphatic rings. The molecule has 6 heteroatoms. The van der Waals surface area contributed by atoms with E-state index in [0.29, 0.717) is 36.0 Å². The van der Waals surface area contributed by atoms with Crippen LogP contribution in [0.3, 0.4) is 0 Å². The van der Waals surface area contributed by atoms with Gasteiger partial charge in [0.2, 0.25) is 11.8 Å². The van der Waals surface area contributed by atoms with Gasteiger partial charge in [-0.05, 0) is 11.6 Å². The van der Waals surface area contributed by atoms with Crippen LogP contribution in [0.1, 0.15) is 18.4 Å². The summed E-state index contributed by atoms with van der Waals surface area (Å²) in [6.45, 7) is 1.17. The number of amides is 2. The summed E-state index contributed by atoms with van der Waals surface area (Å²) < 4.78 is 10.9. The third-order valence-corrected chi connectivity index (χ3v) is 3.29. The summed E-state index contributed by atoms with van der Waals surface area (Å²) >= 11 is 0. The third kappa shape index (κ3) is 2.09. The van der Waals surface area contributed by atoms with E-state index in [2.05, 4.69) is 0 Å². The summed E-state index contributed by atoms with van der Waals surface area (Å²) in [5, 5.41) is 0. The van der Waals surface area contributed by atoms with Crippen molar-refractivity contribution >= 4 is 17.5 Å². The standard InChI is InChI=1S/C13H14N2O4/c14-9-6-11-10(18-3-4-19-11)5-8(9)7-15-12(16)1-2-13(15)17/h5-6H,1-4,7,14H2. The van der Waals surface area contributed by atoms with Crippen molar-refractivity contribution in [2.45, 2.75) is 19.4 Å². The highest BCUT2D eigenvalue weighted by Gasteiger charge is 2.29. The number of ether oxygens (including phenoxy) is 2. The first-order valence-electron chi connectivity index (χ1n) is 6.16. The van der Waals surface area contributed by atoms with E-state index < -0.39 is 0 Å². The summed E-state index contributed by atoms with van der Waals surface area (Å²) in [5.74, 6) is 0.902. The number of carbonyl (C=O) groups is 2. The van der Waals surface area contributed by atoms with Gasteiger partial charge in [0.1, 0.15) is 13.2 Å². The van der Waals surface area contributed by atoms with Gasteiger partial charge in [-0.1, -0.05) is 0 Å². The topological polar surface area (TPSA) is 81.9 Å². The summed E-state index contributed by atoms with van der Waals surface area (Å²) in [5.41, 5.74) is 7.13. The number of benzene rings is 1. The van der Waals surface area contributed by atoms with Gasteiger partial charge in [-0.15, -0.1) is 0 Å². The maximum absolute atomic E-state index is 11.6. The minimum absolute atomic E-state index is 0.153. The quantitative estimate of drug-likeness (QED) is 0.626. The second-order valence-corrected chi connectivity index (χ2v) is 4.57. The van der Waals surface area contributed by atoms with E-state index in [1.165, 1.54) is 4.90 Å². The van der Waals surface area contributed by atoms with Crippen molar-refractivity contribution in [1.29, 1.82) is 0 Å². The fourth-order valence-electron chi connectivity index (χ4n) is 2.25. The van der Waals surface area contributed by atoms with Crippen molar-refractivity contribution in [1.82, 2.24) is 4.90 Å². The Balaban J connectivity index is 1.88. The number of fused-ring (bicyclic) bond motifs is 1. The number of hydrogen-bond donors (Lipinski definition) is 1. The smallest absolute Gasteiger partial charge is 0.229 e. The highest BCUT2D eigenvalue weighted by molar-refractivity contribution is 6.01. The Morgan fingerprint density at radius 2 is 1.63 bits per heavy atom. The van der Waals surface area contributed by atoms with Gasteiger partial charge in [-0.3, -0.25) is 14.5 Å². The van der Waals surface area contributed by atoms with E-state index in [0.717, 1.165) is 0 Å². The van der Waals surface area contributed by atoms with Gasteiger partial charge in [0, 0.05) is 24.6 Å². The summed E-state index contributed by atoms with van der Waals surface area (Å²) in [7, 11) is 0. The molecule has 1 fully saturated rings. The third-order valence-electron chi connectivity index (χ3n) is 3.29. The molecule has 2 heterocycles. The van der Waals surface area contributed by atoms with Crippen molar-refractivity contribution in [3.05, 3.63) is 17.7 Å². The second-order valence-electron chi connectivity index (χ2n) is 4.57. The van der Waals surface area contributed by atoms with Crippen LogP contribution < -0.4 is 15.2 Å². The molecule has 0 radical (unpaired) electrons. The minimum Gasteiger partial charge on any atom is -0.486 e. The average molecular weight is 262 g/mol. The largest absolute Gasteiger partial charge is 0.486 e. The van der Waals surface area contributed by atoms with E-state index in [1.807, 2.05) is 0 Å². The Morgan fingerprint density at radius 3 is 2.26 bits per heavy atom. The first-order chi connectivity index (χ1) is 9.15. The predicted molar refractivity (Wildman–Crippen MR) is 66.6 cm³/mol. The molecule has 3 rings (SSSR count). The molecule has 6 nitrogen and oxygen atoms in total. The van der Waals surface area contributed by atoms with Crippen LogP contribution in [0.4, 0.5) is 5.69 Å². The monoisotopic (exact) mass is 262 g/mol. The lowest BCUT2D eigenvalue weighted by molar-refractivity contribution is -0.139. The molecule has 2 amide bonds. The molecule has 100 valence electrons. The zero-order chi connectivity index (χ0) is 13.4. The van der Waals surface area contributed by atoms with Crippen molar-refractivity contribution in [3.8, 4) is 11.5 Å². The second kappa shape index (κ2) is 4.46. The molecule has 1 aromatic rings. The van der Waals surface area contributed by atoms with Gasteiger partial charge >= 0.3 is 0 Å². The van der Waals surface area contributed by atoms with E-state index in [9.17, 15) is 9.59 Å². The Hall–Kier alpha value is -2.24. The fourth-order valence-corrected chi connectivity index (χ4v) is 2.25. The molecule has 0 saturated carbocycles. The average Bonchev–Trinajstić information content (AvgIpc) is 2.71. The number of imide groups is 1. The highest BCUT2D eigenvalue weighted by Crippen LogP contribution is 2.35. The van der Waals surface area contributed by atoms with Crippen LogP contribution in [0, 0.1) is 0 Å². The SMILES string of the molecule is Nc1cc2c(cc1CN1C(=O)CCC1=O)OCCO2. The van der Waals surface area contributed by atoms with Crippen LogP contribution in [-0.4, -0.2) is 29.9 Å². The molecule has 19 heavy (non-hydrogen) atoms. The number of likely N-dealkylation sites (tertiary alicyclic amines) is 1. The van der Waals surface area contributed by atoms with Gasteiger partial charge < -0.3 is 15.2 Å². The molecule has 2 aliphatic heterocycles. The number of nitrogens with two attached hydrogens (primary N) is 1. The van der Waals surface area contributed by atoms with Crippen LogP contribution >= 0.6 is 0 Å². The lowest BCUT2D eigenvalue weighted by Gasteiger charge is -2.21. The van der Waals surface area contributed by atoms with Crippen LogP contribution in [0.15, 0.2) is 12.1 Å².